The maximum absolute atomic E-state index is 11.5. The summed E-state index contributed by atoms with van der Waals surface area (Å²) in [7, 11) is 0. The Balaban J connectivity index is 1.38. The van der Waals surface area contributed by atoms with Gasteiger partial charge in [-0.2, -0.15) is 0 Å². The van der Waals surface area contributed by atoms with Gasteiger partial charge in [0, 0.05) is 12.0 Å². The number of carboxylic acids is 1. The van der Waals surface area contributed by atoms with Gasteiger partial charge in [0.15, 0.2) is 0 Å². The largest absolute Gasteiger partial charge is 0.481 e. The molecule has 29 heavy (non-hydrogen) atoms. The summed E-state index contributed by atoms with van der Waals surface area (Å²) in [6, 6.07) is 19.2. The van der Waals surface area contributed by atoms with E-state index < -0.39 is 5.97 Å². The van der Waals surface area contributed by atoms with Gasteiger partial charge in [-0.15, -0.1) is 0 Å². The molecule has 4 nitrogen and oxygen atoms in total. The van der Waals surface area contributed by atoms with Crippen molar-refractivity contribution in [3.63, 3.8) is 0 Å². The summed E-state index contributed by atoms with van der Waals surface area (Å²) >= 11 is 0. The van der Waals surface area contributed by atoms with Gasteiger partial charge >= 0.3 is 5.97 Å². The van der Waals surface area contributed by atoms with Crippen LogP contribution in [0.4, 0.5) is 0 Å². The minimum atomic E-state index is -0.709. The van der Waals surface area contributed by atoms with Crippen LogP contribution in [0.3, 0.4) is 0 Å². The summed E-state index contributed by atoms with van der Waals surface area (Å²) in [6.45, 7) is 2.76. The normalized spacial score (nSPS) is 25.2. The summed E-state index contributed by atoms with van der Waals surface area (Å²) < 4.78 is 6.28. The molecule has 0 bridgehead atoms. The standard InChI is InChI=1S/C25H31NO3/c27-25(28)17-22-23(26-15-5-2-6-16-26)13-14-24(22)29-18-19-9-11-21(12-10-19)20-7-3-1-4-8-20/h1,3-4,7-12,22-24H,2,5-6,13-18H2,(H,27,28). The van der Waals surface area contributed by atoms with Gasteiger partial charge in [-0.3, -0.25) is 9.69 Å². The molecule has 3 unspecified atom stereocenters. The second kappa shape index (κ2) is 9.55. The Hall–Kier alpha value is -2.17. The third-order valence-electron chi connectivity index (χ3n) is 6.51. The fourth-order valence-electron chi connectivity index (χ4n) is 5.02. The first-order chi connectivity index (χ1) is 14.2. The number of hydrogen-bond acceptors (Lipinski definition) is 3. The van der Waals surface area contributed by atoms with Gasteiger partial charge in [0.05, 0.1) is 19.1 Å². The van der Waals surface area contributed by atoms with E-state index in [4.69, 9.17) is 4.74 Å². The Labute approximate surface area is 173 Å². The first kappa shape index (κ1) is 20.1. The van der Waals surface area contributed by atoms with Crippen LogP contribution in [0.5, 0.6) is 0 Å². The van der Waals surface area contributed by atoms with E-state index in [0.29, 0.717) is 12.6 Å². The van der Waals surface area contributed by atoms with E-state index in [0.717, 1.165) is 31.5 Å². The molecule has 1 saturated heterocycles. The van der Waals surface area contributed by atoms with E-state index in [1.165, 1.54) is 30.4 Å². The number of nitrogens with zero attached hydrogens (tertiary/aromatic N) is 1. The summed E-state index contributed by atoms with van der Waals surface area (Å²) in [5.74, 6) is -0.617. The molecular weight excluding hydrogens is 362 g/mol. The van der Waals surface area contributed by atoms with Gasteiger partial charge in [-0.1, -0.05) is 61.0 Å². The van der Waals surface area contributed by atoms with Crippen molar-refractivity contribution in [3.05, 3.63) is 60.2 Å². The third kappa shape index (κ3) is 5.06. The molecule has 2 aromatic carbocycles. The number of carbonyl (C=O) groups is 1. The molecule has 3 atom stereocenters. The number of ether oxygens (including phenoxy) is 1. The molecular formula is C25H31NO3. The maximum atomic E-state index is 11.5. The van der Waals surface area contributed by atoms with E-state index >= 15 is 0 Å². The van der Waals surface area contributed by atoms with E-state index in [-0.39, 0.29) is 18.4 Å². The Morgan fingerprint density at radius 1 is 0.931 bits per heavy atom. The molecule has 0 amide bonds. The highest BCUT2D eigenvalue weighted by Gasteiger charge is 2.41. The molecule has 1 aliphatic heterocycles. The lowest BCUT2D eigenvalue weighted by atomic mass is 9.94. The minimum absolute atomic E-state index is 0.0341. The minimum Gasteiger partial charge on any atom is -0.481 e. The second-order valence-corrected chi connectivity index (χ2v) is 8.42. The van der Waals surface area contributed by atoms with Crippen LogP contribution in [-0.4, -0.2) is 41.2 Å². The lowest BCUT2D eigenvalue weighted by molar-refractivity contribution is -0.140. The Morgan fingerprint density at radius 2 is 1.62 bits per heavy atom. The average molecular weight is 394 g/mol. The van der Waals surface area contributed by atoms with Crippen molar-refractivity contribution < 1.29 is 14.6 Å². The van der Waals surface area contributed by atoms with Crippen LogP contribution in [0.1, 0.15) is 44.1 Å². The molecule has 2 fully saturated rings. The van der Waals surface area contributed by atoms with Gasteiger partial charge in [0.2, 0.25) is 0 Å². The van der Waals surface area contributed by atoms with Gasteiger partial charge < -0.3 is 9.84 Å². The second-order valence-electron chi connectivity index (χ2n) is 8.42. The smallest absolute Gasteiger partial charge is 0.303 e. The van der Waals surface area contributed by atoms with E-state index in [2.05, 4.69) is 41.3 Å². The molecule has 0 aromatic heterocycles. The van der Waals surface area contributed by atoms with Crippen LogP contribution in [0, 0.1) is 5.92 Å². The van der Waals surface area contributed by atoms with Crippen molar-refractivity contribution in [2.75, 3.05) is 13.1 Å². The lowest BCUT2D eigenvalue weighted by Crippen LogP contribution is -2.43. The quantitative estimate of drug-likeness (QED) is 0.721. The summed E-state index contributed by atoms with van der Waals surface area (Å²) in [6.07, 6.45) is 6.01. The van der Waals surface area contributed by atoms with Gasteiger partial charge in [-0.05, 0) is 55.5 Å². The van der Waals surface area contributed by atoms with Crippen molar-refractivity contribution in [2.24, 2.45) is 5.92 Å². The Morgan fingerprint density at radius 3 is 2.31 bits per heavy atom. The fraction of sp³-hybridized carbons (Fsp3) is 0.480. The molecule has 0 radical (unpaired) electrons. The number of carboxylic acid groups (broad SMARTS) is 1. The molecule has 2 aromatic rings. The van der Waals surface area contributed by atoms with Crippen LogP contribution in [0.2, 0.25) is 0 Å². The predicted octanol–water partition coefficient (Wildman–Crippen LogP) is 4.98. The summed E-state index contributed by atoms with van der Waals surface area (Å²) in [5.41, 5.74) is 3.55. The number of likely N-dealkylation sites (tertiary alicyclic amines) is 1. The highest BCUT2D eigenvalue weighted by atomic mass is 16.5. The van der Waals surface area contributed by atoms with Crippen molar-refractivity contribution in [1.82, 2.24) is 4.90 Å². The molecule has 1 N–H and O–H groups in total. The number of hydrogen-bond donors (Lipinski definition) is 1. The molecule has 0 spiro atoms. The predicted molar refractivity (Wildman–Crippen MR) is 115 cm³/mol. The number of rotatable bonds is 7. The summed E-state index contributed by atoms with van der Waals surface area (Å²) in [5, 5.41) is 9.46. The molecule has 154 valence electrons. The first-order valence-electron chi connectivity index (χ1n) is 10.9. The molecule has 1 saturated carbocycles. The number of piperidine rings is 1. The third-order valence-corrected chi connectivity index (χ3v) is 6.51. The summed E-state index contributed by atoms with van der Waals surface area (Å²) in [4.78, 5) is 14.0. The van der Waals surface area contributed by atoms with Crippen LogP contribution in [0.25, 0.3) is 11.1 Å². The molecule has 2 aliphatic rings. The van der Waals surface area contributed by atoms with Crippen molar-refractivity contribution >= 4 is 5.97 Å². The SMILES string of the molecule is O=C(O)CC1C(OCc2ccc(-c3ccccc3)cc2)CCC1N1CCCCC1. The molecule has 4 rings (SSSR count). The van der Waals surface area contributed by atoms with Gasteiger partial charge in [0.25, 0.3) is 0 Å². The number of aliphatic carboxylic acids is 1. The van der Waals surface area contributed by atoms with Gasteiger partial charge in [0.1, 0.15) is 0 Å². The zero-order chi connectivity index (χ0) is 20.1. The monoisotopic (exact) mass is 393 g/mol. The zero-order valence-corrected chi connectivity index (χ0v) is 17.0. The maximum Gasteiger partial charge on any atom is 0.303 e. The van der Waals surface area contributed by atoms with E-state index in [1.807, 2.05) is 18.2 Å². The Bertz CT molecular complexity index is 783. The molecule has 1 aliphatic carbocycles. The van der Waals surface area contributed by atoms with Crippen LogP contribution in [-0.2, 0) is 16.1 Å². The average Bonchev–Trinajstić information content (AvgIpc) is 3.15. The van der Waals surface area contributed by atoms with E-state index in [1.54, 1.807) is 0 Å². The Kier molecular flexibility index (Phi) is 6.63. The highest BCUT2D eigenvalue weighted by Crippen LogP contribution is 2.36. The van der Waals surface area contributed by atoms with E-state index in [9.17, 15) is 9.90 Å². The fourth-order valence-corrected chi connectivity index (χ4v) is 5.02. The molecule has 1 heterocycles. The van der Waals surface area contributed by atoms with Crippen LogP contribution < -0.4 is 0 Å². The zero-order valence-electron chi connectivity index (χ0n) is 17.0. The highest BCUT2D eigenvalue weighted by molar-refractivity contribution is 5.67. The topological polar surface area (TPSA) is 49.8 Å². The van der Waals surface area contributed by atoms with Crippen LogP contribution in [0.15, 0.2) is 54.6 Å². The number of benzene rings is 2. The van der Waals surface area contributed by atoms with Crippen molar-refractivity contribution in [3.8, 4) is 11.1 Å². The first-order valence-corrected chi connectivity index (χ1v) is 10.9. The van der Waals surface area contributed by atoms with Gasteiger partial charge in [-0.25, -0.2) is 0 Å². The van der Waals surface area contributed by atoms with Crippen LogP contribution >= 0.6 is 0 Å². The lowest BCUT2D eigenvalue weighted by Gasteiger charge is -2.36. The van der Waals surface area contributed by atoms with Crippen molar-refractivity contribution in [1.29, 1.82) is 0 Å². The van der Waals surface area contributed by atoms with Crippen molar-refractivity contribution in [2.45, 2.75) is 57.3 Å². The molecule has 4 heteroatoms.